The molecular weight excluding hydrogens is 364 g/mol. The first-order chi connectivity index (χ1) is 12.8. The third-order valence-corrected chi connectivity index (χ3v) is 13.5. The van der Waals surface area contributed by atoms with E-state index in [1.807, 2.05) is 6.92 Å². The summed E-state index contributed by atoms with van der Waals surface area (Å²) in [5.41, 5.74) is 0.388. The van der Waals surface area contributed by atoms with Gasteiger partial charge in [-0.1, -0.05) is 48.0 Å². The second-order valence-electron chi connectivity index (χ2n) is 12.0. The predicted octanol–water partition coefficient (Wildman–Crippen LogP) is 6.57. The molecule has 0 aromatic carbocycles. The maximum atomic E-state index is 11.8. The molecule has 1 heterocycles. The maximum Gasteiger partial charge on any atom is 0.309 e. The van der Waals surface area contributed by atoms with Gasteiger partial charge in [0.25, 0.3) is 0 Å². The van der Waals surface area contributed by atoms with Crippen LogP contribution in [0.25, 0.3) is 0 Å². The van der Waals surface area contributed by atoms with E-state index >= 15 is 0 Å². The molecule has 0 bridgehead atoms. The third-order valence-electron chi connectivity index (χ3n) is 9.01. The van der Waals surface area contributed by atoms with Crippen molar-refractivity contribution in [3.8, 4) is 0 Å². The molecule has 2 unspecified atom stereocenters. The molecule has 0 aromatic heterocycles. The van der Waals surface area contributed by atoms with Crippen molar-refractivity contribution in [2.75, 3.05) is 0 Å². The maximum absolute atomic E-state index is 11.8. The largest absolute Gasteiger partial charge is 0.462 e. The summed E-state index contributed by atoms with van der Waals surface area (Å²) < 4.78 is 12.6. The van der Waals surface area contributed by atoms with Crippen LogP contribution >= 0.6 is 0 Å². The molecule has 2 saturated carbocycles. The molecule has 7 atom stereocenters. The van der Waals surface area contributed by atoms with Gasteiger partial charge in [0, 0.05) is 6.10 Å². The summed E-state index contributed by atoms with van der Waals surface area (Å²) >= 11 is 0. The first-order valence-corrected chi connectivity index (χ1v) is 14.6. The van der Waals surface area contributed by atoms with E-state index < -0.39 is 8.32 Å². The van der Waals surface area contributed by atoms with Gasteiger partial charge in [0.2, 0.25) is 0 Å². The van der Waals surface area contributed by atoms with Crippen LogP contribution in [0.5, 0.6) is 0 Å². The van der Waals surface area contributed by atoms with Crippen LogP contribution < -0.4 is 0 Å². The highest BCUT2D eigenvalue weighted by atomic mass is 28.4. The predicted molar refractivity (Wildman–Crippen MR) is 118 cm³/mol. The van der Waals surface area contributed by atoms with E-state index in [4.69, 9.17) is 9.16 Å². The lowest BCUT2D eigenvalue weighted by Crippen LogP contribution is -2.50. The van der Waals surface area contributed by atoms with Gasteiger partial charge in [0.1, 0.15) is 6.10 Å². The molecule has 2 aliphatic carbocycles. The molecule has 3 rings (SSSR count). The SMILES string of the molecule is C[C@H](C[C@H]1C[C@H](C)C(=O)O1)[C@H]1CCC2C(O[Si](C)(C)C(C)(C)C)CCC[C@]21C. The lowest BCUT2D eigenvalue weighted by Gasteiger charge is -2.50. The summed E-state index contributed by atoms with van der Waals surface area (Å²) in [6.45, 7) is 18.8. The van der Waals surface area contributed by atoms with E-state index in [9.17, 15) is 4.79 Å². The summed E-state index contributed by atoms with van der Waals surface area (Å²) in [5.74, 6) is 2.14. The Hall–Kier alpha value is -0.353. The molecule has 28 heavy (non-hydrogen) atoms. The van der Waals surface area contributed by atoms with Crippen molar-refractivity contribution in [2.45, 2.75) is 117 Å². The minimum Gasteiger partial charge on any atom is -0.462 e. The highest BCUT2D eigenvalue weighted by molar-refractivity contribution is 6.74. The molecular formula is C24H44O3Si. The highest BCUT2D eigenvalue weighted by Gasteiger charge is 2.54. The number of ether oxygens (including phenoxy) is 1. The van der Waals surface area contributed by atoms with Gasteiger partial charge in [-0.2, -0.15) is 0 Å². The van der Waals surface area contributed by atoms with Crippen LogP contribution in [-0.2, 0) is 14.0 Å². The summed E-state index contributed by atoms with van der Waals surface area (Å²) in [6, 6.07) is 0. The molecule has 0 radical (unpaired) electrons. The van der Waals surface area contributed by atoms with Crippen molar-refractivity contribution in [3.63, 3.8) is 0 Å². The van der Waals surface area contributed by atoms with Crippen molar-refractivity contribution < 1.29 is 14.0 Å². The van der Waals surface area contributed by atoms with E-state index in [1.54, 1.807) is 0 Å². The lowest BCUT2D eigenvalue weighted by atomic mass is 9.61. The Bertz CT molecular complexity index is 581. The van der Waals surface area contributed by atoms with Gasteiger partial charge in [-0.25, -0.2) is 0 Å². The molecule has 3 fully saturated rings. The van der Waals surface area contributed by atoms with E-state index in [-0.39, 0.29) is 23.0 Å². The second-order valence-corrected chi connectivity index (χ2v) is 16.8. The number of cyclic esters (lactones) is 1. The molecule has 1 saturated heterocycles. The Morgan fingerprint density at radius 2 is 1.93 bits per heavy atom. The van der Waals surface area contributed by atoms with Crippen molar-refractivity contribution in [1.29, 1.82) is 0 Å². The van der Waals surface area contributed by atoms with Gasteiger partial charge in [-0.3, -0.25) is 4.79 Å². The zero-order valence-corrected chi connectivity index (χ0v) is 20.6. The number of hydrogen-bond donors (Lipinski definition) is 0. The van der Waals surface area contributed by atoms with Crippen molar-refractivity contribution in [2.24, 2.45) is 29.1 Å². The quantitative estimate of drug-likeness (QED) is 0.381. The fraction of sp³-hybridized carbons (Fsp3) is 0.958. The molecule has 1 aliphatic heterocycles. The summed E-state index contributed by atoms with van der Waals surface area (Å²) in [4.78, 5) is 11.8. The number of fused-ring (bicyclic) bond motifs is 1. The Kier molecular flexibility index (Phi) is 6.16. The van der Waals surface area contributed by atoms with Crippen molar-refractivity contribution in [3.05, 3.63) is 0 Å². The molecule has 0 spiro atoms. The van der Waals surface area contributed by atoms with E-state index in [0.717, 1.165) is 18.8 Å². The zero-order valence-electron chi connectivity index (χ0n) is 19.6. The topological polar surface area (TPSA) is 35.5 Å². The Labute approximate surface area is 174 Å². The van der Waals surface area contributed by atoms with E-state index in [0.29, 0.717) is 23.4 Å². The van der Waals surface area contributed by atoms with Crippen LogP contribution in [0.4, 0.5) is 0 Å². The van der Waals surface area contributed by atoms with Gasteiger partial charge in [0.05, 0.1) is 5.92 Å². The Morgan fingerprint density at radius 3 is 2.50 bits per heavy atom. The summed E-state index contributed by atoms with van der Waals surface area (Å²) in [5, 5.41) is 0.273. The number of hydrogen-bond acceptors (Lipinski definition) is 3. The van der Waals surface area contributed by atoms with Crippen molar-refractivity contribution in [1.82, 2.24) is 0 Å². The molecule has 0 N–H and O–H groups in total. The van der Waals surface area contributed by atoms with Gasteiger partial charge in [-0.15, -0.1) is 0 Å². The van der Waals surface area contributed by atoms with Gasteiger partial charge in [-0.05, 0) is 79.8 Å². The zero-order chi connectivity index (χ0) is 20.9. The minimum atomic E-state index is -1.74. The molecule has 3 aliphatic rings. The average Bonchev–Trinajstić information content (AvgIpc) is 3.06. The van der Waals surface area contributed by atoms with Crippen LogP contribution in [0.2, 0.25) is 18.1 Å². The third kappa shape index (κ3) is 4.10. The normalized spacial score (nSPS) is 40.3. The first kappa shape index (κ1) is 22.3. The standard InChI is InChI=1S/C24H44O3Si/c1-16(14-18-15-17(2)22(25)26-18)19-11-12-20-21(10-9-13-24(19,20)6)27-28(7,8)23(3,4)5/h16-21H,9-15H2,1-8H3/t16-,17+,18+,19-,20?,21?,24+/m1/s1. The van der Waals surface area contributed by atoms with Gasteiger partial charge >= 0.3 is 5.97 Å². The van der Waals surface area contributed by atoms with Crippen LogP contribution in [-0.4, -0.2) is 26.5 Å². The van der Waals surface area contributed by atoms with E-state index in [1.165, 1.54) is 32.1 Å². The summed E-state index contributed by atoms with van der Waals surface area (Å²) in [7, 11) is -1.74. The number of carbonyl (C=O) groups excluding carboxylic acids is 1. The fourth-order valence-electron chi connectivity index (χ4n) is 6.33. The monoisotopic (exact) mass is 408 g/mol. The fourth-order valence-corrected chi connectivity index (χ4v) is 7.73. The molecule has 0 amide bonds. The molecule has 162 valence electrons. The Morgan fingerprint density at radius 1 is 1.25 bits per heavy atom. The molecule has 0 aromatic rings. The number of esters is 1. The first-order valence-electron chi connectivity index (χ1n) is 11.7. The minimum absolute atomic E-state index is 0.00760. The van der Waals surface area contributed by atoms with Gasteiger partial charge < -0.3 is 9.16 Å². The molecule has 3 nitrogen and oxygen atoms in total. The van der Waals surface area contributed by atoms with E-state index in [2.05, 4.69) is 47.7 Å². The number of carbonyl (C=O) groups is 1. The van der Waals surface area contributed by atoms with Crippen LogP contribution in [0, 0.1) is 29.1 Å². The smallest absolute Gasteiger partial charge is 0.309 e. The average molecular weight is 409 g/mol. The molecule has 4 heteroatoms. The number of rotatable bonds is 5. The van der Waals surface area contributed by atoms with Crippen LogP contribution in [0.15, 0.2) is 0 Å². The lowest BCUT2D eigenvalue weighted by molar-refractivity contribution is -0.144. The van der Waals surface area contributed by atoms with Crippen LogP contribution in [0.1, 0.15) is 86.5 Å². The van der Waals surface area contributed by atoms with Crippen molar-refractivity contribution >= 4 is 14.3 Å². The second kappa shape index (κ2) is 7.72. The van der Waals surface area contributed by atoms with Crippen LogP contribution in [0.3, 0.4) is 0 Å². The summed E-state index contributed by atoms with van der Waals surface area (Å²) in [6.07, 6.45) is 9.04. The van der Waals surface area contributed by atoms with Gasteiger partial charge in [0.15, 0.2) is 8.32 Å². The highest BCUT2D eigenvalue weighted by Crippen LogP contribution is 2.59. The Balaban J connectivity index is 1.68.